The second kappa shape index (κ2) is 8.50. The van der Waals surface area contributed by atoms with E-state index < -0.39 is 11.0 Å². The number of pyridine rings is 1. The maximum absolute atomic E-state index is 12.9. The molecule has 0 spiro atoms. The molecule has 4 rings (SSSR count). The summed E-state index contributed by atoms with van der Waals surface area (Å²) in [6, 6.07) is 8.84. The summed E-state index contributed by atoms with van der Waals surface area (Å²) in [6.07, 6.45) is 6.58. The molecule has 1 atom stereocenters. The van der Waals surface area contributed by atoms with Crippen LogP contribution in [-0.4, -0.2) is 49.9 Å². The van der Waals surface area contributed by atoms with Crippen LogP contribution in [-0.2, 0) is 11.2 Å². The van der Waals surface area contributed by atoms with Crippen LogP contribution in [0.4, 0.5) is 5.69 Å². The van der Waals surface area contributed by atoms with Gasteiger partial charge in [0.1, 0.15) is 12.4 Å². The SMILES string of the molecule is NC1=NS(O)(O)Nc2cccc(OCC3CCCCN3C(=O)Cc3ccncc3)c21. The molecule has 3 heterocycles. The van der Waals surface area contributed by atoms with Gasteiger partial charge < -0.3 is 15.4 Å². The molecule has 0 bridgehead atoms. The van der Waals surface area contributed by atoms with Gasteiger partial charge in [-0.15, -0.1) is 4.40 Å². The number of amides is 1. The molecule has 5 N–H and O–H groups in total. The van der Waals surface area contributed by atoms with E-state index in [1.54, 1.807) is 30.6 Å². The molecule has 160 valence electrons. The van der Waals surface area contributed by atoms with Crippen molar-refractivity contribution in [3.63, 3.8) is 0 Å². The van der Waals surface area contributed by atoms with Crippen molar-refractivity contribution in [2.45, 2.75) is 31.7 Å². The van der Waals surface area contributed by atoms with E-state index in [0.717, 1.165) is 24.8 Å². The molecule has 1 aromatic carbocycles. The highest BCUT2D eigenvalue weighted by atomic mass is 32.3. The van der Waals surface area contributed by atoms with Crippen LogP contribution in [0, 0.1) is 0 Å². The Morgan fingerprint density at radius 3 is 2.87 bits per heavy atom. The third kappa shape index (κ3) is 4.50. The van der Waals surface area contributed by atoms with Crippen LogP contribution in [0.15, 0.2) is 47.1 Å². The van der Waals surface area contributed by atoms with Crippen LogP contribution in [0.3, 0.4) is 0 Å². The van der Waals surface area contributed by atoms with E-state index in [1.807, 2.05) is 17.0 Å². The number of carbonyl (C=O) groups excluding carboxylic acids is 1. The molecule has 2 aromatic rings. The summed E-state index contributed by atoms with van der Waals surface area (Å²) in [6.45, 7) is 1.03. The Balaban J connectivity index is 1.47. The fraction of sp³-hybridized carbons (Fsp3) is 0.350. The number of aromatic nitrogens is 1. The summed E-state index contributed by atoms with van der Waals surface area (Å²) in [5.41, 5.74) is 7.84. The van der Waals surface area contributed by atoms with Crippen molar-refractivity contribution in [1.29, 1.82) is 0 Å². The highest BCUT2D eigenvalue weighted by molar-refractivity contribution is 8.24. The van der Waals surface area contributed by atoms with Crippen molar-refractivity contribution in [3.8, 4) is 5.75 Å². The molecule has 1 unspecified atom stereocenters. The minimum Gasteiger partial charge on any atom is -0.491 e. The lowest BCUT2D eigenvalue weighted by Crippen LogP contribution is -2.47. The summed E-state index contributed by atoms with van der Waals surface area (Å²) in [5, 5.41) is 0. The molecule has 1 fully saturated rings. The molecule has 2 aliphatic rings. The zero-order valence-electron chi connectivity index (χ0n) is 16.4. The lowest BCUT2D eigenvalue weighted by Gasteiger charge is -2.36. The number of nitrogens with one attached hydrogen (secondary N) is 1. The molecule has 1 saturated heterocycles. The molecule has 0 aliphatic carbocycles. The Hall–Kier alpha value is -2.82. The van der Waals surface area contributed by atoms with Gasteiger partial charge in [-0.1, -0.05) is 6.07 Å². The molecular formula is C20H25N5O4S. The molecule has 9 nitrogen and oxygen atoms in total. The van der Waals surface area contributed by atoms with E-state index >= 15 is 0 Å². The van der Waals surface area contributed by atoms with E-state index in [0.29, 0.717) is 36.6 Å². The maximum atomic E-state index is 12.9. The summed E-state index contributed by atoms with van der Waals surface area (Å²) >= 11 is 0. The van der Waals surface area contributed by atoms with Crippen LogP contribution in [0.5, 0.6) is 5.75 Å². The van der Waals surface area contributed by atoms with Crippen molar-refractivity contribution in [2.24, 2.45) is 10.1 Å². The number of rotatable bonds is 5. The number of hydrogen-bond acceptors (Lipinski definition) is 8. The smallest absolute Gasteiger partial charge is 0.227 e. The van der Waals surface area contributed by atoms with Gasteiger partial charge >= 0.3 is 0 Å². The number of anilines is 1. The standard InChI is InChI=1S/C20H25N5O4S/c21-20-19-16(23-30(27,28)24-20)5-3-6-17(19)29-13-15-4-1-2-11-25(15)18(26)12-14-7-9-22-10-8-14/h3,5-10,15,23,27-28H,1-2,4,11-13H2,(H2,21,24). The first-order valence-electron chi connectivity index (χ1n) is 9.79. The topological polar surface area (TPSA) is 133 Å². The van der Waals surface area contributed by atoms with E-state index in [9.17, 15) is 13.9 Å². The van der Waals surface area contributed by atoms with Gasteiger partial charge in [-0.2, -0.15) is 0 Å². The number of carbonyl (C=O) groups is 1. The molecule has 1 aromatic heterocycles. The quantitative estimate of drug-likeness (QED) is 0.572. The Morgan fingerprint density at radius 2 is 2.07 bits per heavy atom. The van der Waals surface area contributed by atoms with E-state index in [-0.39, 0.29) is 17.8 Å². The number of benzene rings is 1. The number of amidine groups is 1. The Labute approximate surface area is 176 Å². The van der Waals surface area contributed by atoms with Crippen molar-refractivity contribution in [3.05, 3.63) is 53.9 Å². The van der Waals surface area contributed by atoms with Crippen LogP contribution < -0.4 is 15.2 Å². The number of piperidine rings is 1. The Morgan fingerprint density at radius 1 is 1.27 bits per heavy atom. The zero-order chi connectivity index (χ0) is 21.1. The zero-order valence-corrected chi connectivity index (χ0v) is 17.2. The van der Waals surface area contributed by atoms with Crippen LogP contribution in [0.25, 0.3) is 0 Å². The second-order valence-corrected chi connectivity index (χ2v) is 8.78. The van der Waals surface area contributed by atoms with Crippen LogP contribution in [0.2, 0.25) is 0 Å². The van der Waals surface area contributed by atoms with Gasteiger partial charge in [0.2, 0.25) is 5.91 Å². The largest absolute Gasteiger partial charge is 0.491 e. The first-order valence-corrected chi connectivity index (χ1v) is 11.3. The van der Waals surface area contributed by atoms with Gasteiger partial charge in [-0.25, -0.2) is 0 Å². The van der Waals surface area contributed by atoms with Crippen molar-refractivity contribution in [2.75, 3.05) is 17.9 Å². The first kappa shape index (κ1) is 20.5. The predicted octanol–water partition coefficient (Wildman–Crippen LogP) is 2.80. The monoisotopic (exact) mass is 431 g/mol. The predicted molar refractivity (Wildman–Crippen MR) is 116 cm³/mol. The fourth-order valence-corrected chi connectivity index (χ4v) is 4.70. The summed E-state index contributed by atoms with van der Waals surface area (Å²) in [7, 11) is -3.35. The third-order valence-electron chi connectivity index (χ3n) is 5.24. The van der Waals surface area contributed by atoms with E-state index in [4.69, 9.17) is 10.5 Å². The second-order valence-electron chi connectivity index (χ2n) is 7.36. The third-order valence-corrected chi connectivity index (χ3v) is 6.18. The number of fused-ring (bicyclic) bond motifs is 1. The summed E-state index contributed by atoms with van der Waals surface area (Å²) in [4.78, 5) is 18.8. The molecule has 1 amide bonds. The number of nitrogens with zero attached hydrogens (tertiary/aromatic N) is 3. The van der Waals surface area contributed by atoms with E-state index in [1.165, 1.54) is 0 Å². The minimum absolute atomic E-state index is 0.00798. The lowest BCUT2D eigenvalue weighted by atomic mass is 10.0. The van der Waals surface area contributed by atoms with Crippen molar-refractivity contribution >= 4 is 28.4 Å². The van der Waals surface area contributed by atoms with Crippen LogP contribution >= 0.6 is 11.0 Å². The van der Waals surface area contributed by atoms with Crippen molar-refractivity contribution in [1.82, 2.24) is 9.88 Å². The van der Waals surface area contributed by atoms with E-state index in [2.05, 4.69) is 14.1 Å². The highest BCUT2D eigenvalue weighted by Crippen LogP contribution is 2.46. The van der Waals surface area contributed by atoms with Gasteiger partial charge in [0.05, 0.1) is 23.7 Å². The Kier molecular flexibility index (Phi) is 5.80. The minimum atomic E-state index is -3.35. The average molecular weight is 432 g/mol. The maximum Gasteiger partial charge on any atom is 0.227 e. The molecule has 2 aliphatic heterocycles. The molecular weight excluding hydrogens is 406 g/mol. The lowest BCUT2D eigenvalue weighted by molar-refractivity contribution is -0.134. The highest BCUT2D eigenvalue weighted by Gasteiger charge is 2.29. The first-order chi connectivity index (χ1) is 14.4. The summed E-state index contributed by atoms with van der Waals surface area (Å²) < 4.78 is 32.0. The Bertz CT molecular complexity index is 953. The van der Waals surface area contributed by atoms with Crippen molar-refractivity contribution < 1.29 is 18.6 Å². The summed E-state index contributed by atoms with van der Waals surface area (Å²) in [5.74, 6) is 0.568. The number of hydrogen-bond donors (Lipinski definition) is 4. The molecule has 30 heavy (non-hydrogen) atoms. The average Bonchev–Trinajstić information content (AvgIpc) is 2.72. The number of nitrogens with two attached hydrogens (primary N) is 1. The van der Waals surface area contributed by atoms with Gasteiger partial charge in [-0.05, 0) is 60.1 Å². The van der Waals surface area contributed by atoms with Crippen LogP contribution in [0.1, 0.15) is 30.4 Å². The number of likely N-dealkylation sites (tertiary alicyclic amines) is 1. The van der Waals surface area contributed by atoms with Gasteiger partial charge in [-0.3, -0.25) is 23.6 Å². The molecule has 0 radical (unpaired) electrons. The fourth-order valence-electron chi connectivity index (χ4n) is 3.82. The normalized spacial score (nSPS) is 21.1. The van der Waals surface area contributed by atoms with Gasteiger partial charge in [0.25, 0.3) is 0 Å². The molecule has 10 heteroatoms. The molecule has 0 saturated carbocycles. The van der Waals surface area contributed by atoms with Gasteiger partial charge in [0, 0.05) is 18.9 Å². The number of ether oxygens (including phenoxy) is 1. The van der Waals surface area contributed by atoms with Gasteiger partial charge in [0.15, 0.2) is 5.84 Å².